The summed E-state index contributed by atoms with van der Waals surface area (Å²) in [4.78, 5) is 13.9. The van der Waals surface area contributed by atoms with E-state index in [9.17, 15) is 9.90 Å². The number of aliphatic carboxylic acids is 1. The molecule has 0 radical (unpaired) electrons. The molecule has 0 amide bonds. The summed E-state index contributed by atoms with van der Waals surface area (Å²) in [6, 6.07) is 6.92. The third-order valence-corrected chi connectivity index (χ3v) is 4.62. The number of fused-ring (bicyclic) bond motifs is 1. The van der Waals surface area contributed by atoms with Gasteiger partial charge in [0.2, 0.25) is 0 Å². The van der Waals surface area contributed by atoms with E-state index in [4.69, 9.17) is 4.74 Å². The summed E-state index contributed by atoms with van der Waals surface area (Å²) in [5.41, 5.74) is 1.20. The molecule has 21 heavy (non-hydrogen) atoms. The van der Waals surface area contributed by atoms with Gasteiger partial charge in [0.05, 0.1) is 0 Å². The molecule has 2 aliphatic rings. The van der Waals surface area contributed by atoms with E-state index in [0.717, 1.165) is 12.1 Å². The smallest absolute Gasteiger partial charge is 0.325 e. The van der Waals surface area contributed by atoms with Crippen molar-refractivity contribution in [1.29, 1.82) is 0 Å². The molecule has 1 fully saturated rings. The van der Waals surface area contributed by atoms with E-state index in [1.54, 1.807) is 0 Å². The Hall–Kier alpha value is -1.55. The van der Waals surface area contributed by atoms with Crippen LogP contribution in [-0.2, 0) is 4.79 Å². The summed E-state index contributed by atoms with van der Waals surface area (Å²) in [6.07, 6.45) is 2.36. The fourth-order valence-electron chi connectivity index (χ4n) is 3.89. The maximum atomic E-state index is 11.8. The topological polar surface area (TPSA) is 49.8 Å². The Morgan fingerprint density at radius 2 is 2.10 bits per heavy atom. The molecular formula is C17H23NO3. The minimum atomic E-state index is -0.786. The van der Waals surface area contributed by atoms with Gasteiger partial charge in [-0.15, -0.1) is 0 Å². The molecule has 1 aromatic carbocycles. The SMILES string of the molecule is CC1(C)CC(CN2CCOc3ccccc3C2C(=O)O)C1. The highest BCUT2D eigenvalue weighted by molar-refractivity contribution is 5.77. The molecule has 1 unspecified atom stereocenters. The monoisotopic (exact) mass is 289 g/mol. The molecule has 1 heterocycles. The molecule has 1 saturated carbocycles. The number of benzene rings is 1. The van der Waals surface area contributed by atoms with Crippen LogP contribution in [0.25, 0.3) is 0 Å². The molecule has 0 bridgehead atoms. The van der Waals surface area contributed by atoms with Gasteiger partial charge >= 0.3 is 5.97 Å². The second kappa shape index (κ2) is 5.34. The van der Waals surface area contributed by atoms with Crippen LogP contribution < -0.4 is 4.74 Å². The fraction of sp³-hybridized carbons (Fsp3) is 0.588. The Labute approximate surface area is 125 Å². The van der Waals surface area contributed by atoms with Crippen molar-refractivity contribution in [2.45, 2.75) is 32.7 Å². The van der Waals surface area contributed by atoms with E-state index < -0.39 is 12.0 Å². The van der Waals surface area contributed by atoms with Crippen LogP contribution in [0.1, 0.15) is 38.3 Å². The maximum Gasteiger partial charge on any atom is 0.325 e. The number of hydrogen-bond acceptors (Lipinski definition) is 3. The lowest BCUT2D eigenvalue weighted by molar-refractivity contribution is -0.144. The Kier molecular flexibility index (Phi) is 3.66. The molecule has 1 aliphatic heterocycles. The number of carbonyl (C=O) groups is 1. The summed E-state index contributed by atoms with van der Waals surface area (Å²) in [7, 11) is 0. The lowest BCUT2D eigenvalue weighted by Gasteiger charge is -2.45. The van der Waals surface area contributed by atoms with Crippen LogP contribution in [0.2, 0.25) is 0 Å². The van der Waals surface area contributed by atoms with Gasteiger partial charge < -0.3 is 9.84 Å². The zero-order chi connectivity index (χ0) is 15.0. The highest BCUT2D eigenvalue weighted by Gasteiger charge is 2.40. The largest absolute Gasteiger partial charge is 0.492 e. The highest BCUT2D eigenvalue weighted by atomic mass is 16.5. The molecule has 3 rings (SSSR count). The molecule has 114 valence electrons. The third-order valence-electron chi connectivity index (χ3n) is 4.62. The number of para-hydroxylation sites is 1. The van der Waals surface area contributed by atoms with Gasteiger partial charge in [0.1, 0.15) is 18.4 Å². The van der Waals surface area contributed by atoms with Crippen LogP contribution in [0.3, 0.4) is 0 Å². The second-order valence-corrected chi connectivity index (χ2v) is 7.06. The first-order valence-electron chi connectivity index (χ1n) is 7.65. The predicted molar refractivity (Wildman–Crippen MR) is 80.4 cm³/mol. The normalized spacial score (nSPS) is 25.3. The van der Waals surface area contributed by atoms with E-state index in [1.165, 1.54) is 12.8 Å². The molecule has 4 nitrogen and oxygen atoms in total. The average Bonchev–Trinajstić information content (AvgIpc) is 2.55. The molecule has 1 atom stereocenters. The first kappa shape index (κ1) is 14.4. The minimum Gasteiger partial charge on any atom is -0.492 e. The van der Waals surface area contributed by atoms with Gasteiger partial charge in [-0.2, -0.15) is 0 Å². The van der Waals surface area contributed by atoms with E-state index >= 15 is 0 Å². The van der Waals surface area contributed by atoms with Gasteiger partial charge in [-0.1, -0.05) is 32.0 Å². The van der Waals surface area contributed by atoms with E-state index in [0.29, 0.717) is 30.2 Å². The first-order valence-corrected chi connectivity index (χ1v) is 7.65. The fourth-order valence-corrected chi connectivity index (χ4v) is 3.89. The van der Waals surface area contributed by atoms with Gasteiger partial charge in [0.25, 0.3) is 0 Å². The number of carboxylic acids is 1. The molecule has 4 heteroatoms. The highest BCUT2D eigenvalue weighted by Crippen LogP contribution is 2.46. The summed E-state index contributed by atoms with van der Waals surface area (Å²) in [6.45, 7) is 6.62. The van der Waals surface area contributed by atoms with Crippen LogP contribution in [0.15, 0.2) is 24.3 Å². The number of rotatable bonds is 3. The van der Waals surface area contributed by atoms with Crippen molar-refractivity contribution >= 4 is 5.97 Å². The van der Waals surface area contributed by atoms with Gasteiger partial charge in [-0.05, 0) is 30.2 Å². The Balaban J connectivity index is 1.81. The lowest BCUT2D eigenvalue weighted by atomic mass is 9.64. The average molecular weight is 289 g/mol. The van der Waals surface area contributed by atoms with Crippen molar-refractivity contribution in [3.05, 3.63) is 29.8 Å². The zero-order valence-electron chi connectivity index (χ0n) is 12.7. The number of hydrogen-bond donors (Lipinski definition) is 1. The molecule has 1 N–H and O–H groups in total. The van der Waals surface area contributed by atoms with Gasteiger partial charge in [-0.3, -0.25) is 9.69 Å². The van der Waals surface area contributed by atoms with E-state index in [2.05, 4.69) is 18.7 Å². The molecule has 1 aromatic rings. The van der Waals surface area contributed by atoms with E-state index in [1.807, 2.05) is 24.3 Å². The van der Waals surface area contributed by atoms with Crippen LogP contribution >= 0.6 is 0 Å². The third kappa shape index (κ3) is 2.91. The van der Waals surface area contributed by atoms with Gasteiger partial charge in [0.15, 0.2) is 0 Å². The van der Waals surface area contributed by atoms with Crippen molar-refractivity contribution in [1.82, 2.24) is 4.90 Å². The second-order valence-electron chi connectivity index (χ2n) is 7.06. The van der Waals surface area contributed by atoms with Crippen molar-refractivity contribution < 1.29 is 14.6 Å². The molecule has 1 aliphatic carbocycles. The summed E-state index contributed by atoms with van der Waals surface area (Å²) in [5.74, 6) is 0.528. The quantitative estimate of drug-likeness (QED) is 0.929. The summed E-state index contributed by atoms with van der Waals surface area (Å²) < 4.78 is 5.73. The van der Waals surface area contributed by atoms with Gasteiger partial charge in [0, 0.05) is 18.7 Å². The van der Waals surface area contributed by atoms with Gasteiger partial charge in [-0.25, -0.2) is 0 Å². The van der Waals surface area contributed by atoms with Crippen molar-refractivity contribution in [2.24, 2.45) is 11.3 Å². The Bertz CT molecular complexity index is 533. The summed E-state index contributed by atoms with van der Waals surface area (Å²) in [5, 5.41) is 9.69. The Morgan fingerprint density at radius 3 is 2.76 bits per heavy atom. The van der Waals surface area contributed by atoms with Crippen molar-refractivity contribution in [2.75, 3.05) is 19.7 Å². The van der Waals surface area contributed by atoms with Crippen molar-refractivity contribution in [3.8, 4) is 5.75 Å². The first-order chi connectivity index (χ1) is 9.96. The lowest BCUT2D eigenvalue weighted by Crippen LogP contribution is -2.44. The van der Waals surface area contributed by atoms with E-state index in [-0.39, 0.29) is 0 Å². The standard InChI is InChI=1S/C17H23NO3/c1-17(2)9-12(10-17)11-18-7-8-21-14-6-4-3-5-13(14)15(18)16(19)20/h3-6,12,15H,7-11H2,1-2H3,(H,19,20). The number of nitrogens with zero attached hydrogens (tertiary/aromatic N) is 1. The van der Waals surface area contributed by atoms with Crippen molar-refractivity contribution in [3.63, 3.8) is 0 Å². The minimum absolute atomic E-state index is 0.420. The van der Waals surface area contributed by atoms with Crippen LogP contribution in [0, 0.1) is 11.3 Å². The zero-order valence-corrected chi connectivity index (χ0v) is 12.7. The van der Waals surface area contributed by atoms with Crippen LogP contribution in [0.5, 0.6) is 5.75 Å². The molecular weight excluding hydrogens is 266 g/mol. The molecule has 0 aromatic heterocycles. The van der Waals surface area contributed by atoms with Crippen LogP contribution in [-0.4, -0.2) is 35.7 Å². The predicted octanol–water partition coefficient (Wildman–Crippen LogP) is 2.94. The molecule has 0 spiro atoms. The Morgan fingerprint density at radius 1 is 1.38 bits per heavy atom. The number of carboxylic acid groups (broad SMARTS) is 1. The maximum absolute atomic E-state index is 11.8. The summed E-state index contributed by atoms with van der Waals surface area (Å²) >= 11 is 0. The van der Waals surface area contributed by atoms with Crippen LogP contribution in [0.4, 0.5) is 0 Å². The molecule has 0 saturated heterocycles. The number of ether oxygens (including phenoxy) is 1.